The van der Waals surface area contributed by atoms with E-state index in [4.69, 9.17) is 0 Å². The van der Waals surface area contributed by atoms with Crippen LogP contribution in [0.4, 0.5) is 0 Å². The van der Waals surface area contributed by atoms with Crippen LogP contribution in [0.25, 0.3) is 0 Å². The van der Waals surface area contributed by atoms with E-state index in [-0.39, 0.29) is 12.1 Å². The van der Waals surface area contributed by atoms with E-state index in [9.17, 15) is 5.11 Å². The van der Waals surface area contributed by atoms with E-state index >= 15 is 0 Å². The van der Waals surface area contributed by atoms with Gasteiger partial charge in [-0.1, -0.05) is 64.8 Å². The lowest BCUT2D eigenvalue weighted by Crippen LogP contribution is -2.33. The van der Waals surface area contributed by atoms with Crippen molar-refractivity contribution in [1.82, 2.24) is 5.32 Å². The van der Waals surface area contributed by atoms with Gasteiger partial charge in [0.1, 0.15) is 0 Å². The number of benzene rings is 1. The van der Waals surface area contributed by atoms with Gasteiger partial charge in [-0.15, -0.1) is 0 Å². The zero-order valence-corrected chi connectivity index (χ0v) is 13.7. The molecule has 2 N–H and O–H groups in total. The third kappa shape index (κ3) is 4.92. The molecule has 2 atom stereocenters. The normalized spacial score (nSPS) is 14.8. The van der Waals surface area contributed by atoms with E-state index in [0.717, 1.165) is 12.8 Å². The second kappa shape index (κ2) is 8.43. The van der Waals surface area contributed by atoms with Crippen LogP contribution in [0.5, 0.6) is 0 Å². The van der Waals surface area contributed by atoms with E-state index in [0.29, 0.717) is 18.4 Å². The fourth-order valence-corrected chi connectivity index (χ4v) is 2.58. The van der Waals surface area contributed by atoms with E-state index in [1.165, 1.54) is 11.1 Å². The van der Waals surface area contributed by atoms with Crippen LogP contribution in [-0.2, 0) is 0 Å². The van der Waals surface area contributed by atoms with Crippen LogP contribution in [0.3, 0.4) is 0 Å². The van der Waals surface area contributed by atoms with Crippen molar-refractivity contribution < 1.29 is 5.11 Å². The number of aliphatic hydroxyl groups is 1. The molecule has 0 aliphatic carbocycles. The van der Waals surface area contributed by atoms with Gasteiger partial charge in [0, 0.05) is 12.6 Å². The molecule has 0 amide bonds. The van der Waals surface area contributed by atoms with Gasteiger partial charge in [0.25, 0.3) is 0 Å². The molecule has 2 unspecified atom stereocenters. The van der Waals surface area contributed by atoms with Gasteiger partial charge in [-0.25, -0.2) is 0 Å². The largest absolute Gasteiger partial charge is 0.392 e. The zero-order chi connectivity index (χ0) is 15.1. The third-order valence-corrected chi connectivity index (χ3v) is 4.33. The zero-order valence-electron chi connectivity index (χ0n) is 13.7. The van der Waals surface area contributed by atoms with Gasteiger partial charge in [0.2, 0.25) is 0 Å². The molecule has 0 aromatic heterocycles. The minimum atomic E-state index is -0.248. The van der Waals surface area contributed by atoms with Gasteiger partial charge in [-0.05, 0) is 29.9 Å². The predicted octanol–water partition coefficient (Wildman–Crippen LogP) is 4.26. The molecule has 0 radical (unpaired) electrons. The molecular weight excluding hydrogens is 246 g/mol. The Hall–Kier alpha value is -0.860. The molecule has 0 fully saturated rings. The molecule has 0 bridgehead atoms. The summed E-state index contributed by atoms with van der Waals surface area (Å²) in [5.41, 5.74) is 2.66. The summed E-state index contributed by atoms with van der Waals surface area (Å²) in [4.78, 5) is 0. The molecule has 0 aliphatic rings. The maximum atomic E-state index is 10.2. The van der Waals surface area contributed by atoms with Gasteiger partial charge in [-0.3, -0.25) is 0 Å². The van der Waals surface area contributed by atoms with Crippen LogP contribution < -0.4 is 5.32 Å². The average Bonchev–Trinajstić information content (AvgIpc) is 2.46. The highest BCUT2D eigenvalue weighted by Crippen LogP contribution is 2.19. The van der Waals surface area contributed by atoms with Crippen molar-refractivity contribution in [2.24, 2.45) is 5.92 Å². The summed E-state index contributed by atoms with van der Waals surface area (Å²) in [6.07, 6.45) is 1.83. The van der Waals surface area contributed by atoms with Crippen molar-refractivity contribution in [3.8, 4) is 0 Å². The highest BCUT2D eigenvalue weighted by atomic mass is 16.3. The number of hydrogen-bond donors (Lipinski definition) is 2. The molecule has 0 saturated carbocycles. The molecule has 0 heterocycles. The molecule has 114 valence electrons. The molecule has 2 heteroatoms. The van der Waals surface area contributed by atoms with E-state index in [1.54, 1.807) is 0 Å². The summed E-state index contributed by atoms with van der Waals surface area (Å²) in [6, 6.07) is 9.07. The molecule has 1 aromatic carbocycles. The Morgan fingerprint density at radius 2 is 1.45 bits per heavy atom. The number of hydrogen-bond acceptors (Lipinski definition) is 2. The third-order valence-electron chi connectivity index (χ3n) is 4.33. The van der Waals surface area contributed by atoms with Crippen LogP contribution in [0.2, 0.25) is 0 Å². The van der Waals surface area contributed by atoms with Gasteiger partial charge in [0.15, 0.2) is 0 Å². The molecule has 1 rings (SSSR count). The van der Waals surface area contributed by atoms with Crippen LogP contribution in [0.15, 0.2) is 24.3 Å². The first-order chi connectivity index (χ1) is 9.49. The Morgan fingerprint density at radius 3 is 1.90 bits per heavy atom. The van der Waals surface area contributed by atoms with Crippen molar-refractivity contribution in [3.05, 3.63) is 35.4 Å². The monoisotopic (exact) mass is 277 g/mol. The fraction of sp³-hybridized carbons (Fsp3) is 0.667. The highest BCUT2D eigenvalue weighted by molar-refractivity contribution is 5.26. The number of rotatable bonds is 8. The second-order valence-corrected chi connectivity index (χ2v) is 6.10. The first kappa shape index (κ1) is 17.2. The topological polar surface area (TPSA) is 32.3 Å². The SMILES string of the molecule is CCC(CC)C(O)CNC(C)c1ccc(C(C)C)cc1. The van der Waals surface area contributed by atoms with Gasteiger partial charge in [0.05, 0.1) is 6.10 Å². The lowest BCUT2D eigenvalue weighted by molar-refractivity contribution is 0.0989. The van der Waals surface area contributed by atoms with E-state index < -0.39 is 0 Å². The summed E-state index contributed by atoms with van der Waals surface area (Å²) >= 11 is 0. The molecule has 2 nitrogen and oxygen atoms in total. The quantitative estimate of drug-likeness (QED) is 0.744. The van der Waals surface area contributed by atoms with Crippen molar-refractivity contribution in [2.75, 3.05) is 6.54 Å². The fourth-order valence-electron chi connectivity index (χ4n) is 2.58. The van der Waals surface area contributed by atoms with E-state index in [1.807, 2.05) is 0 Å². The van der Waals surface area contributed by atoms with Crippen molar-refractivity contribution >= 4 is 0 Å². The van der Waals surface area contributed by atoms with Crippen molar-refractivity contribution in [2.45, 2.75) is 65.5 Å². The van der Waals surface area contributed by atoms with Crippen molar-refractivity contribution in [3.63, 3.8) is 0 Å². The van der Waals surface area contributed by atoms with Crippen LogP contribution in [0.1, 0.15) is 70.5 Å². The summed E-state index contributed by atoms with van der Waals surface area (Å²) in [5.74, 6) is 0.974. The first-order valence-electron chi connectivity index (χ1n) is 8.00. The van der Waals surface area contributed by atoms with Gasteiger partial charge in [-0.2, -0.15) is 0 Å². The standard InChI is InChI=1S/C18H31NO/c1-6-15(7-2)18(20)12-19-14(5)17-10-8-16(9-11-17)13(3)4/h8-11,13-15,18-20H,6-7,12H2,1-5H3. The summed E-state index contributed by atoms with van der Waals surface area (Å²) < 4.78 is 0. The molecule has 20 heavy (non-hydrogen) atoms. The van der Waals surface area contributed by atoms with Gasteiger partial charge >= 0.3 is 0 Å². The van der Waals surface area contributed by atoms with E-state index in [2.05, 4.69) is 64.2 Å². The van der Waals surface area contributed by atoms with Crippen LogP contribution in [-0.4, -0.2) is 17.8 Å². The Labute approximate surface area is 124 Å². The first-order valence-corrected chi connectivity index (χ1v) is 8.00. The second-order valence-electron chi connectivity index (χ2n) is 6.10. The summed E-state index contributed by atoms with van der Waals surface area (Å²) in [6.45, 7) is 11.5. The minimum absolute atomic E-state index is 0.248. The molecule has 0 spiro atoms. The molecule has 1 aromatic rings. The Balaban J connectivity index is 2.52. The number of nitrogens with one attached hydrogen (secondary N) is 1. The number of aliphatic hydroxyl groups excluding tert-OH is 1. The smallest absolute Gasteiger partial charge is 0.0692 e. The lowest BCUT2D eigenvalue weighted by atomic mass is 9.96. The van der Waals surface area contributed by atoms with Crippen LogP contribution in [0, 0.1) is 5.92 Å². The predicted molar refractivity (Wildman–Crippen MR) is 87.0 cm³/mol. The summed E-state index contributed by atoms with van der Waals surface area (Å²) in [5, 5.41) is 13.6. The Morgan fingerprint density at radius 1 is 0.950 bits per heavy atom. The van der Waals surface area contributed by atoms with Gasteiger partial charge < -0.3 is 10.4 Å². The minimum Gasteiger partial charge on any atom is -0.392 e. The maximum Gasteiger partial charge on any atom is 0.0692 e. The molecule has 0 aliphatic heterocycles. The lowest BCUT2D eigenvalue weighted by Gasteiger charge is -2.23. The highest BCUT2D eigenvalue weighted by Gasteiger charge is 2.16. The Kier molecular flexibility index (Phi) is 7.25. The Bertz CT molecular complexity index is 368. The average molecular weight is 277 g/mol. The maximum absolute atomic E-state index is 10.2. The molecule has 0 saturated heterocycles. The van der Waals surface area contributed by atoms with Crippen LogP contribution >= 0.6 is 0 Å². The molecular formula is C18H31NO. The van der Waals surface area contributed by atoms with Crippen molar-refractivity contribution in [1.29, 1.82) is 0 Å². The summed E-state index contributed by atoms with van der Waals surface area (Å²) in [7, 11) is 0.